The van der Waals surface area contributed by atoms with Gasteiger partial charge in [-0.25, -0.2) is 10.2 Å². The molecule has 0 unspecified atom stereocenters. The molecule has 2 amide bonds. The highest BCUT2D eigenvalue weighted by atomic mass is 16.5. The first kappa shape index (κ1) is 23.2. The molecule has 0 aliphatic heterocycles. The van der Waals surface area contributed by atoms with Crippen LogP contribution in [0.25, 0.3) is 0 Å². The molecule has 0 aliphatic carbocycles. The van der Waals surface area contributed by atoms with E-state index in [0.29, 0.717) is 28.2 Å². The summed E-state index contributed by atoms with van der Waals surface area (Å²) in [6.45, 7) is 1.71. The molecule has 0 aliphatic rings. The van der Waals surface area contributed by atoms with Gasteiger partial charge < -0.3 is 14.8 Å². The molecule has 33 heavy (non-hydrogen) atoms. The molecule has 0 bridgehead atoms. The Bertz CT molecular complexity index is 1140. The lowest BCUT2D eigenvalue weighted by atomic mass is 10.1. The third-order valence-electron chi connectivity index (χ3n) is 4.54. The van der Waals surface area contributed by atoms with Crippen LogP contribution in [0.5, 0.6) is 11.5 Å². The fraction of sp³-hybridized carbons (Fsp3) is 0.120. The van der Waals surface area contributed by atoms with Crippen molar-refractivity contribution in [1.29, 1.82) is 0 Å². The third kappa shape index (κ3) is 7.03. The Morgan fingerprint density at radius 2 is 1.45 bits per heavy atom. The highest BCUT2D eigenvalue weighted by Crippen LogP contribution is 2.14. The van der Waals surface area contributed by atoms with Crippen molar-refractivity contribution in [3.05, 3.63) is 95.1 Å². The van der Waals surface area contributed by atoms with E-state index in [4.69, 9.17) is 9.47 Å². The van der Waals surface area contributed by atoms with E-state index in [1.807, 2.05) is 19.1 Å². The molecule has 0 spiro atoms. The number of nitrogens with one attached hydrogen (secondary N) is 2. The second-order valence-electron chi connectivity index (χ2n) is 7.03. The summed E-state index contributed by atoms with van der Waals surface area (Å²) in [5, 5.41) is 6.37. The van der Waals surface area contributed by atoms with Crippen LogP contribution in [0, 0.1) is 6.92 Å². The molecule has 0 aromatic heterocycles. The number of hydrazone groups is 1. The standard InChI is InChI=1S/C25H23N3O5/c1-17-3-7-20(8-4-17)25(31)33-22-11-5-18(6-12-22)15-27-28-23(29)16-26-24(30)19-9-13-21(32-2)14-10-19/h3-15H,16H2,1-2H3,(H,26,30)(H,28,29). The van der Waals surface area contributed by atoms with Gasteiger partial charge in [0.2, 0.25) is 0 Å². The summed E-state index contributed by atoms with van der Waals surface area (Å²) in [6, 6.07) is 20.3. The summed E-state index contributed by atoms with van der Waals surface area (Å²) in [4.78, 5) is 36.1. The largest absolute Gasteiger partial charge is 0.497 e. The average molecular weight is 445 g/mol. The summed E-state index contributed by atoms with van der Waals surface area (Å²) >= 11 is 0. The molecular weight excluding hydrogens is 422 g/mol. The zero-order chi connectivity index (χ0) is 23.6. The van der Waals surface area contributed by atoms with Crippen molar-refractivity contribution in [3.63, 3.8) is 0 Å². The van der Waals surface area contributed by atoms with Gasteiger partial charge >= 0.3 is 5.97 Å². The van der Waals surface area contributed by atoms with Gasteiger partial charge in [-0.05, 0) is 73.2 Å². The van der Waals surface area contributed by atoms with E-state index < -0.39 is 11.9 Å². The van der Waals surface area contributed by atoms with Crippen LogP contribution in [-0.4, -0.2) is 37.7 Å². The van der Waals surface area contributed by atoms with Crippen LogP contribution in [0.2, 0.25) is 0 Å². The molecular formula is C25H23N3O5. The molecule has 3 aromatic carbocycles. The number of methoxy groups -OCH3 is 1. The van der Waals surface area contributed by atoms with E-state index in [2.05, 4.69) is 15.8 Å². The fourth-order valence-corrected chi connectivity index (χ4v) is 2.70. The molecule has 0 radical (unpaired) electrons. The van der Waals surface area contributed by atoms with Crippen LogP contribution in [0.3, 0.4) is 0 Å². The average Bonchev–Trinajstić information content (AvgIpc) is 2.84. The zero-order valence-electron chi connectivity index (χ0n) is 18.2. The Morgan fingerprint density at radius 3 is 2.09 bits per heavy atom. The minimum absolute atomic E-state index is 0.226. The summed E-state index contributed by atoms with van der Waals surface area (Å²) in [7, 11) is 1.54. The van der Waals surface area contributed by atoms with Gasteiger partial charge in [-0.15, -0.1) is 0 Å². The van der Waals surface area contributed by atoms with Crippen molar-refractivity contribution in [3.8, 4) is 11.5 Å². The lowest BCUT2D eigenvalue weighted by Crippen LogP contribution is -2.34. The van der Waals surface area contributed by atoms with Crippen molar-refractivity contribution in [2.24, 2.45) is 5.10 Å². The van der Waals surface area contributed by atoms with Crippen LogP contribution in [0.4, 0.5) is 0 Å². The maximum atomic E-state index is 12.2. The van der Waals surface area contributed by atoms with Gasteiger partial charge in [0.25, 0.3) is 11.8 Å². The minimum atomic E-state index is -0.475. The van der Waals surface area contributed by atoms with Gasteiger partial charge in [0.15, 0.2) is 0 Å². The molecule has 3 rings (SSSR count). The first-order valence-electron chi connectivity index (χ1n) is 10.1. The number of rotatable bonds is 8. The Morgan fingerprint density at radius 1 is 0.848 bits per heavy atom. The van der Waals surface area contributed by atoms with Gasteiger partial charge in [-0.1, -0.05) is 17.7 Å². The topological polar surface area (TPSA) is 106 Å². The molecule has 0 atom stereocenters. The first-order valence-corrected chi connectivity index (χ1v) is 10.1. The second kappa shape index (κ2) is 11.2. The van der Waals surface area contributed by atoms with Crippen molar-refractivity contribution in [2.75, 3.05) is 13.7 Å². The van der Waals surface area contributed by atoms with Crippen molar-refractivity contribution >= 4 is 24.0 Å². The molecule has 0 heterocycles. The number of hydrogen-bond donors (Lipinski definition) is 2. The van der Waals surface area contributed by atoms with Crippen LogP contribution in [0.15, 0.2) is 77.9 Å². The smallest absolute Gasteiger partial charge is 0.343 e. The summed E-state index contributed by atoms with van der Waals surface area (Å²) in [5.74, 6) is -0.274. The predicted octanol–water partition coefficient (Wildman–Crippen LogP) is 3.10. The summed E-state index contributed by atoms with van der Waals surface area (Å²) in [6.07, 6.45) is 1.44. The maximum absolute atomic E-state index is 12.2. The molecule has 0 saturated heterocycles. The van der Waals surface area contributed by atoms with Gasteiger partial charge in [-0.2, -0.15) is 5.10 Å². The number of hydrogen-bond acceptors (Lipinski definition) is 6. The van der Waals surface area contributed by atoms with E-state index in [1.165, 1.54) is 13.3 Å². The molecule has 3 aromatic rings. The lowest BCUT2D eigenvalue weighted by Gasteiger charge is -2.06. The van der Waals surface area contributed by atoms with Crippen molar-refractivity contribution < 1.29 is 23.9 Å². The van der Waals surface area contributed by atoms with E-state index in [0.717, 1.165) is 5.56 Å². The summed E-state index contributed by atoms with van der Waals surface area (Å²) in [5.41, 5.74) is 4.96. The normalized spacial score (nSPS) is 10.5. The lowest BCUT2D eigenvalue weighted by molar-refractivity contribution is -0.120. The monoisotopic (exact) mass is 445 g/mol. The van der Waals surface area contributed by atoms with Crippen molar-refractivity contribution in [2.45, 2.75) is 6.92 Å². The molecule has 168 valence electrons. The number of nitrogens with zero attached hydrogens (tertiary/aromatic N) is 1. The number of aryl methyl sites for hydroxylation is 1. The number of benzene rings is 3. The third-order valence-corrected chi connectivity index (χ3v) is 4.54. The summed E-state index contributed by atoms with van der Waals surface area (Å²) < 4.78 is 10.4. The molecule has 8 nitrogen and oxygen atoms in total. The Hall–Kier alpha value is -4.46. The number of carbonyl (C=O) groups is 3. The van der Waals surface area contributed by atoms with E-state index in [9.17, 15) is 14.4 Å². The van der Waals surface area contributed by atoms with Gasteiger partial charge in [0.05, 0.1) is 25.4 Å². The highest BCUT2D eigenvalue weighted by molar-refractivity contribution is 5.96. The van der Waals surface area contributed by atoms with Crippen LogP contribution >= 0.6 is 0 Å². The van der Waals surface area contributed by atoms with E-state index in [1.54, 1.807) is 60.7 Å². The predicted molar refractivity (Wildman–Crippen MR) is 124 cm³/mol. The highest BCUT2D eigenvalue weighted by Gasteiger charge is 2.09. The quantitative estimate of drug-likeness (QED) is 0.240. The number of carbonyl (C=O) groups excluding carboxylic acids is 3. The number of amides is 2. The SMILES string of the molecule is COc1ccc(C(=O)NCC(=O)NN=Cc2ccc(OC(=O)c3ccc(C)cc3)cc2)cc1. The zero-order valence-corrected chi connectivity index (χ0v) is 18.2. The Kier molecular flexibility index (Phi) is 7.91. The Labute approximate surface area is 191 Å². The van der Waals surface area contributed by atoms with Crippen LogP contribution in [-0.2, 0) is 4.79 Å². The molecule has 8 heteroatoms. The first-order chi connectivity index (χ1) is 15.9. The molecule has 0 saturated carbocycles. The second-order valence-corrected chi connectivity index (χ2v) is 7.03. The van der Waals surface area contributed by atoms with Crippen molar-refractivity contribution in [1.82, 2.24) is 10.7 Å². The van der Waals surface area contributed by atoms with Gasteiger partial charge in [-0.3, -0.25) is 9.59 Å². The van der Waals surface area contributed by atoms with Crippen LogP contribution < -0.4 is 20.2 Å². The molecule has 0 fully saturated rings. The van der Waals surface area contributed by atoms with Gasteiger partial charge in [0, 0.05) is 5.56 Å². The number of esters is 1. The van der Waals surface area contributed by atoms with E-state index >= 15 is 0 Å². The van der Waals surface area contributed by atoms with Gasteiger partial charge in [0.1, 0.15) is 11.5 Å². The number of ether oxygens (including phenoxy) is 2. The van der Waals surface area contributed by atoms with E-state index in [-0.39, 0.29) is 12.5 Å². The fourth-order valence-electron chi connectivity index (χ4n) is 2.70. The van der Waals surface area contributed by atoms with Crippen LogP contribution in [0.1, 0.15) is 31.8 Å². The maximum Gasteiger partial charge on any atom is 0.343 e. The minimum Gasteiger partial charge on any atom is -0.497 e. The molecule has 2 N–H and O–H groups in total. The Balaban J connectivity index is 1.43.